The molecule has 0 saturated carbocycles. The van der Waals surface area contributed by atoms with Gasteiger partial charge in [-0.15, -0.1) is 11.3 Å². The number of para-hydroxylation sites is 2. The first kappa shape index (κ1) is 32.1. The Bertz CT molecular complexity index is 3510. The molecule has 57 heavy (non-hydrogen) atoms. The Morgan fingerprint density at radius 1 is 0.281 bits per heavy atom. The number of thiophene rings is 1. The number of fused-ring (bicyclic) bond motifs is 9. The molecule has 0 aliphatic heterocycles. The first-order valence-corrected chi connectivity index (χ1v) is 20.3. The Kier molecular flexibility index (Phi) is 7.13. The summed E-state index contributed by atoms with van der Waals surface area (Å²) in [6.07, 6.45) is 0. The molecule has 3 aromatic heterocycles. The van der Waals surface area contributed by atoms with Crippen molar-refractivity contribution in [1.82, 2.24) is 9.13 Å². The largest absolute Gasteiger partial charge is 0.309 e. The van der Waals surface area contributed by atoms with E-state index in [0.29, 0.717) is 0 Å². The first-order chi connectivity index (χ1) is 28.3. The minimum atomic E-state index is 1.16. The second-order valence-corrected chi connectivity index (χ2v) is 16.0. The second kappa shape index (κ2) is 12.7. The highest BCUT2D eigenvalue weighted by atomic mass is 32.1. The van der Waals surface area contributed by atoms with Crippen LogP contribution in [-0.4, -0.2) is 9.13 Å². The van der Waals surface area contributed by atoms with Gasteiger partial charge >= 0.3 is 0 Å². The maximum absolute atomic E-state index is 2.42. The first-order valence-electron chi connectivity index (χ1n) is 19.5. The van der Waals surface area contributed by atoms with Gasteiger partial charge < -0.3 is 9.13 Å². The summed E-state index contributed by atoms with van der Waals surface area (Å²) in [5.41, 5.74) is 14.5. The monoisotopic (exact) mass is 742 g/mol. The lowest BCUT2D eigenvalue weighted by Gasteiger charge is -2.11. The van der Waals surface area contributed by atoms with Crippen LogP contribution < -0.4 is 0 Å². The van der Waals surface area contributed by atoms with Gasteiger partial charge in [-0.3, -0.25) is 0 Å². The maximum Gasteiger partial charge on any atom is 0.0541 e. The third kappa shape index (κ3) is 5.03. The third-order valence-corrected chi connectivity index (χ3v) is 13.0. The second-order valence-electron chi connectivity index (χ2n) is 14.9. The van der Waals surface area contributed by atoms with Gasteiger partial charge in [0.2, 0.25) is 0 Å². The predicted octanol–water partition coefficient (Wildman–Crippen LogP) is 15.2. The lowest BCUT2D eigenvalue weighted by atomic mass is 10.0. The number of benzene rings is 9. The van der Waals surface area contributed by atoms with Crippen molar-refractivity contribution in [2.24, 2.45) is 0 Å². The van der Waals surface area contributed by atoms with Crippen molar-refractivity contribution in [3.05, 3.63) is 206 Å². The molecular weight excluding hydrogens is 709 g/mol. The number of hydrogen-bond donors (Lipinski definition) is 0. The van der Waals surface area contributed by atoms with Crippen molar-refractivity contribution >= 4 is 75.1 Å². The zero-order valence-corrected chi connectivity index (χ0v) is 31.7. The minimum absolute atomic E-state index is 1.16. The molecule has 0 aliphatic rings. The molecule has 3 heterocycles. The van der Waals surface area contributed by atoms with E-state index >= 15 is 0 Å². The maximum atomic E-state index is 2.42. The molecule has 0 radical (unpaired) electrons. The van der Waals surface area contributed by atoms with E-state index in [0.717, 1.165) is 11.4 Å². The summed E-state index contributed by atoms with van der Waals surface area (Å²) < 4.78 is 7.50. The molecule has 0 fully saturated rings. The molecule has 9 aromatic carbocycles. The highest BCUT2D eigenvalue weighted by molar-refractivity contribution is 7.26. The van der Waals surface area contributed by atoms with Gasteiger partial charge in [-0.2, -0.15) is 0 Å². The summed E-state index contributed by atoms with van der Waals surface area (Å²) in [4.78, 5) is 0. The quantitative estimate of drug-likeness (QED) is 0.166. The predicted molar refractivity (Wildman–Crippen MR) is 244 cm³/mol. The van der Waals surface area contributed by atoms with Crippen LogP contribution in [-0.2, 0) is 0 Å². The molecule has 0 unspecified atom stereocenters. The summed E-state index contributed by atoms with van der Waals surface area (Å²) in [6, 6.07) is 75.6. The molecule has 12 rings (SSSR count). The molecule has 0 bridgehead atoms. The van der Waals surface area contributed by atoms with Gasteiger partial charge in [0.15, 0.2) is 0 Å². The van der Waals surface area contributed by atoms with E-state index in [1.54, 1.807) is 0 Å². The van der Waals surface area contributed by atoms with Gasteiger partial charge in [0.1, 0.15) is 0 Å². The van der Waals surface area contributed by atoms with Gasteiger partial charge in [0.25, 0.3) is 0 Å². The Labute approximate surface area is 333 Å². The van der Waals surface area contributed by atoms with Crippen LogP contribution >= 0.6 is 11.3 Å². The van der Waals surface area contributed by atoms with E-state index in [1.807, 2.05) is 11.3 Å². The molecule has 2 nitrogen and oxygen atoms in total. The van der Waals surface area contributed by atoms with Crippen molar-refractivity contribution in [2.45, 2.75) is 0 Å². The summed E-state index contributed by atoms with van der Waals surface area (Å²) >= 11 is 1.88. The topological polar surface area (TPSA) is 9.86 Å². The fraction of sp³-hybridized carbons (Fsp3) is 0. The van der Waals surface area contributed by atoms with Crippen LogP contribution in [0.4, 0.5) is 0 Å². The Balaban J connectivity index is 0.960. The van der Waals surface area contributed by atoms with E-state index in [2.05, 4.69) is 215 Å². The van der Waals surface area contributed by atoms with E-state index < -0.39 is 0 Å². The number of aromatic nitrogens is 2. The Morgan fingerprint density at radius 2 is 0.789 bits per heavy atom. The van der Waals surface area contributed by atoms with Gasteiger partial charge in [-0.05, 0) is 100 Å². The molecule has 0 aliphatic carbocycles. The normalized spacial score (nSPS) is 11.9. The fourth-order valence-corrected chi connectivity index (χ4v) is 10.3. The van der Waals surface area contributed by atoms with Crippen molar-refractivity contribution in [3.63, 3.8) is 0 Å². The summed E-state index contributed by atoms with van der Waals surface area (Å²) in [6.45, 7) is 0. The Hall–Kier alpha value is -7.20. The average Bonchev–Trinajstić information content (AvgIpc) is 3.94. The van der Waals surface area contributed by atoms with Crippen LogP contribution in [0.1, 0.15) is 0 Å². The average molecular weight is 743 g/mol. The van der Waals surface area contributed by atoms with Crippen molar-refractivity contribution < 1.29 is 0 Å². The molecule has 266 valence electrons. The highest BCUT2D eigenvalue weighted by Gasteiger charge is 2.17. The zero-order chi connectivity index (χ0) is 37.5. The molecule has 0 spiro atoms. The molecular formula is C54H34N2S. The molecule has 0 atom stereocenters. The van der Waals surface area contributed by atoms with Crippen molar-refractivity contribution in [3.8, 4) is 44.8 Å². The lowest BCUT2D eigenvalue weighted by molar-refractivity contribution is 1.18. The summed E-state index contributed by atoms with van der Waals surface area (Å²) in [7, 11) is 0. The van der Waals surface area contributed by atoms with Gasteiger partial charge in [0, 0.05) is 53.1 Å². The fourth-order valence-electron chi connectivity index (χ4n) is 9.08. The summed E-state index contributed by atoms with van der Waals surface area (Å²) in [5.74, 6) is 0. The molecule has 3 heteroatoms. The highest BCUT2D eigenvalue weighted by Crippen LogP contribution is 2.42. The summed E-state index contributed by atoms with van der Waals surface area (Å²) in [5, 5.41) is 7.67. The Morgan fingerprint density at radius 3 is 1.49 bits per heavy atom. The van der Waals surface area contributed by atoms with Crippen molar-refractivity contribution in [2.75, 3.05) is 0 Å². The molecule has 0 N–H and O–H groups in total. The lowest BCUT2D eigenvalue weighted by Crippen LogP contribution is -1.94. The number of hydrogen-bond acceptors (Lipinski definition) is 1. The SMILES string of the molecule is c1ccc(-c2cccc(-n3c4ccccc4c4cc(-c5ccc6c(c5)c5ccccc5n6-c5ccc(-c6cccc7c6sc6ccccc67)cc5)ccc43)c2)cc1. The van der Waals surface area contributed by atoms with Crippen LogP contribution in [0.25, 0.3) is 109 Å². The minimum Gasteiger partial charge on any atom is -0.309 e. The molecule has 0 amide bonds. The van der Waals surface area contributed by atoms with Gasteiger partial charge in [0.05, 0.1) is 22.1 Å². The number of nitrogens with zero attached hydrogens (tertiary/aromatic N) is 2. The van der Waals surface area contributed by atoms with E-state index in [9.17, 15) is 0 Å². The van der Waals surface area contributed by atoms with Crippen LogP contribution in [0, 0.1) is 0 Å². The third-order valence-electron chi connectivity index (χ3n) is 11.7. The van der Waals surface area contributed by atoms with E-state index in [-0.39, 0.29) is 0 Å². The van der Waals surface area contributed by atoms with Crippen LogP contribution in [0.3, 0.4) is 0 Å². The molecule has 12 aromatic rings. The van der Waals surface area contributed by atoms with Crippen molar-refractivity contribution in [1.29, 1.82) is 0 Å². The smallest absolute Gasteiger partial charge is 0.0541 e. The standard InChI is InChI=1S/C54H34N2S/c1-2-12-35(13-3-1)37-14-10-15-41(32-37)56-50-22-8-5-17-44(50)48-34-39(27-31-52(48)56)38-26-30-51-47(33-38)43-16-4-7-21-49(43)55(51)40-28-24-36(25-29-40)42-19-11-20-46-45-18-6-9-23-53(45)57-54(42)46/h1-34H. The van der Waals surface area contributed by atoms with E-state index in [4.69, 9.17) is 0 Å². The van der Waals surface area contributed by atoms with Gasteiger partial charge in [-0.25, -0.2) is 0 Å². The van der Waals surface area contributed by atoms with Crippen LogP contribution in [0.5, 0.6) is 0 Å². The zero-order valence-electron chi connectivity index (χ0n) is 30.9. The van der Waals surface area contributed by atoms with Crippen LogP contribution in [0.2, 0.25) is 0 Å². The van der Waals surface area contributed by atoms with E-state index in [1.165, 1.54) is 97.2 Å². The van der Waals surface area contributed by atoms with Gasteiger partial charge in [-0.1, -0.05) is 140 Å². The number of rotatable bonds is 5. The van der Waals surface area contributed by atoms with Crippen LogP contribution in [0.15, 0.2) is 206 Å². The molecule has 0 saturated heterocycles.